The Hall–Kier alpha value is -1.94. The second-order valence-electron chi connectivity index (χ2n) is 6.86. The van der Waals surface area contributed by atoms with Crippen LogP contribution in [0.4, 0.5) is 4.39 Å². The largest absolute Gasteiger partial charge is 0.484 e. The lowest BCUT2D eigenvalue weighted by Gasteiger charge is -2.41. The summed E-state index contributed by atoms with van der Waals surface area (Å²) in [6.45, 7) is 2.13. The first-order chi connectivity index (χ1) is 12.1. The summed E-state index contributed by atoms with van der Waals surface area (Å²) in [6.07, 6.45) is 13.6. The summed E-state index contributed by atoms with van der Waals surface area (Å²) in [5.41, 5.74) is 1.52. The molecular weight excluding hydrogens is 339 g/mol. The molecule has 25 heavy (non-hydrogen) atoms. The van der Waals surface area contributed by atoms with E-state index in [0.717, 1.165) is 24.2 Å². The highest BCUT2D eigenvalue weighted by atomic mass is 35.5. The van der Waals surface area contributed by atoms with Crippen molar-refractivity contribution in [1.82, 2.24) is 4.98 Å². The maximum absolute atomic E-state index is 14.1. The van der Waals surface area contributed by atoms with Crippen molar-refractivity contribution in [2.24, 2.45) is 16.8 Å². The standard InChI is InChI=1S/C20H20ClFN2O/c1-13-10-14-6-7-17(19-16(22)5-3-9-24-19)25-18(14)11-20(13,21)15-4-2-8-23-12-15/h2-3,5,8-13,15,17H,4,6-7H2,1H3. The normalized spacial score (nSPS) is 34.0. The minimum atomic E-state index is -0.586. The Morgan fingerprint density at radius 3 is 3.04 bits per heavy atom. The van der Waals surface area contributed by atoms with Gasteiger partial charge in [-0.15, -0.1) is 11.6 Å². The third-order valence-corrected chi connectivity index (χ3v) is 6.00. The Labute approximate surface area is 152 Å². The van der Waals surface area contributed by atoms with Crippen LogP contribution in [0.15, 0.2) is 59.1 Å². The smallest absolute Gasteiger partial charge is 0.148 e. The van der Waals surface area contributed by atoms with E-state index in [1.165, 1.54) is 6.07 Å². The topological polar surface area (TPSA) is 34.5 Å². The van der Waals surface area contributed by atoms with Gasteiger partial charge in [0.15, 0.2) is 0 Å². The average Bonchev–Trinajstić information content (AvgIpc) is 2.63. The van der Waals surface area contributed by atoms with Crippen molar-refractivity contribution in [3.05, 3.63) is 65.6 Å². The van der Waals surface area contributed by atoms with Crippen molar-refractivity contribution < 1.29 is 9.13 Å². The second-order valence-corrected chi connectivity index (χ2v) is 7.51. The van der Waals surface area contributed by atoms with E-state index in [1.54, 1.807) is 18.5 Å². The van der Waals surface area contributed by atoms with Crippen molar-refractivity contribution in [2.45, 2.75) is 37.2 Å². The van der Waals surface area contributed by atoms with Crippen molar-refractivity contribution in [3.63, 3.8) is 0 Å². The van der Waals surface area contributed by atoms with Crippen molar-refractivity contribution in [3.8, 4) is 0 Å². The van der Waals surface area contributed by atoms with Crippen LogP contribution in [0.1, 0.15) is 38.0 Å². The number of alkyl halides is 1. The number of rotatable bonds is 2. The van der Waals surface area contributed by atoms with Gasteiger partial charge in [0.05, 0.1) is 4.87 Å². The molecule has 1 fully saturated rings. The number of halogens is 2. The minimum absolute atomic E-state index is 0.107. The van der Waals surface area contributed by atoms with Gasteiger partial charge in [-0.1, -0.05) is 19.1 Å². The third kappa shape index (κ3) is 2.93. The molecule has 0 spiro atoms. The van der Waals surface area contributed by atoms with E-state index in [9.17, 15) is 4.39 Å². The summed E-state index contributed by atoms with van der Waals surface area (Å²) in [5, 5.41) is 0. The molecule has 0 bridgehead atoms. The molecule has 1 saturated heterocycles. The fraction of sp³-hybridized carbons (Fsp3) is 0.400. The summed E-state index contributed by atoms with van der Waals surface area (Å²) in [6, 6.07) is 3.01. The van der Waals surface area contributed by atoms with Gasteiger partial charge < -0.3 is 4.74 Å². The van der Waals surface area contributed by atoms with Gasteiger partial charge in [-0.3, -0.25) is 9.98 Å². The predicted molar refractivity (Wildman–Crippen MR) is 96.9 cm³/mol. The molecule has 0 aromatic carbocycles. The molecule has 2 aliphatic heterocycles. The Bertz CT molecular complexity index is 801. The number of allylic oxidation sites excluding steroid dienone is 4. The molecule has 1 aromatic heterocycles. The fourth-order valence-electron chi connectivity index (χ4n) is 3.80. The Morgan fingerprint density at radius 2 is 2.28 bits per heavy atom. The van der Waals surface area contributed by atoms with Crippen LogP contribution in [0.3, 0.4) is 0 Å². The first kappa shape index (κ1) is 16.5. The number of hydrogen-bond donors (Lipinski definition) is 0. The molecule has 1 aromatic rings. The second kappa shape index (κ2) is 6.41. The van der Waals surface area contributed by atoms with Crippen molar-refractivity contribution >= 4 is 17.8 Å². The van der Waals surface area contributed by atoms with E-state index in [4.69, 9.17) is 16.3 Å². The Kier molecular flexibility index (Phi) is 4.24. The Balaban J connectivity index is 1.64. The van der Waals surface area contributed by atoms with E-state index in [0.29, 0.717) is 12.1 Å². The summed E-state index contributed by atoms with van der Waals surface area (Å²) >= 11 is 7.03. The highest BCUT2D eigenvalue weighted by molar-refractivity contribution is 6.27. The lowest BCUT2D eigenvalue weighted by molar-refractivity contribution is 0.0839. The summed E-state index contributed by atoms with van der Waals surface area (Å²) in [7, 11) is 0. The van der Waals surface area contributed by atoms with Crippen LogP contribution in [0.5, 0.6) is 0 Å². The fourth-order valence-corrected chi connectivity index (χ4v) is 4.11. The monoisotopic (exact) mass is 358 g/mol. The zero-order valence-electron chi connectivity index (χ0n) is 14.0. The summed E-state index contributed by atoms with van der Waals surface area (Å²) < 4.78 is 20.2. The Morgan fingerprint density at radius 1 is 1.40 bits per heavy atom. The number of pyridine rings is 1. The lowest BCUT2D eigenvalue weighted by Crippen LogP contribution is -2.40. The molecule has 3 nitrogen and oxygen atoms in total. The summed E-state index contributed by atoms with van der Waals surface area (Å²) in [5.74, 6) is 0.710. The van der Waals surface area contributed by atoms with Gasteiger partial charge >= 0.3 is 0 Å². The number of aliphatic imine (C=N–C) groups is 1. The molecule has 1 aliphatic carbocycles. The molecule has 0 saturated carbocycles. The van der Waals surface area contributed by atoms with Crippen LogP contribution in [0.2, 0.25) is 0 Å². The zero-order valence-corrected chi connectivity index (χ0v) is 14.8. The van der Waals surface area contributed by atoms with E-state index < -0.39 is 4.87 Å². The van der Waals surface area contributed by atoms with Gasteiger partial charge in [-0.05, 0) is 49.0 Å². The number of hydrogen-bond acceptors (Lipinski definition) is 3. The van der Waals surface area contributed by atoms with Crippen molar-refractivity contribution in [2.75, 3.05) is 0 Å². The highest BCUT2D eigenvalue weighted by Crippen LogP contribution is 2.47. The van der Waals surface area contributed by atoms with Crippen LogP contribution in [-0.2, 0) is 4.74 Å². The molecular formula is C20H20ClFN2O. The van der Waals surface area contributed by atoms with Gasteiger partial charge in [-0.2, -0.15) is 0 Å². The molecule has 5 heteroatoms. The maximum Gasteiger partial charge on any atom is 0.148 e. The number of ether oxygens (including phenoxy) is 1. The molecule has 4 atom stereocenters. The van der Waals surface area contributed by atoms with Gasteiger partial charge in [0.2, 0.25) is 0 Å². The number of fused-ring (bicyclic) bond motifs is 1. The first-order valence-electron chi connectivity index (χ1n) is 8.66. The molecule has 0 radical (unpaired) electrons. The highest BCUT2D eigenvalue weighted by Gasteiger charge is 2.43. The molecule has 0 N–H and O–H groups in total. The molecule has 3 aliphatic rings. The molecule has 3 heterocycles. The SMILES string of the molecule is CC1C=C2CCC(c3ncccc3F)OC2=CC1(Cl)C1C=NC=CC1. The zero-order chi connectivity index (χ0) is 17.4. The quantitative estimate of drug-likeness (QED) is 0.688. The van der Waals surface area contributed by atoms with Gasteiger partial charge in [-0.25, -0.2) is 4.39 Å². The van der Waals surface area contributed by atoms with Gasteiger partial charge in [0.1, 0.15) is 23.4 Å². The van der Waals surface area contributed by atoms with Crippen LogP contribution in [0, 0.1) is 17.7 Å². The van der Waals surface area contributed by atoms with Crippen LogP contribution in [-0.4, -0.2) is 16.1 Å². The van der Waals surface area contributed by atoms with Crippen LogP contribution < -0.4 is 0 Å². The van der Waals surface area contributed by atoms with E-state index in [2.05, 4.69) is 23.0 Å². The molecule has 4 unspecified atom stereocenters. The predicted octanol–water partition coefficient (Wildman–Crippen LogP) is 5.11. The van der Waals surface area contributed by atoms with Crippen LogP contribution >= 0.6 is 11.6 Å². The number of aromatic nitrogens is 1. The number of nitrogens with zero attached hydrogens (tertiary/aromatic N) is 2. The van der Waals surface area contributed by atoms with Gasteiger partial charge in [0.25, 0.3) is 0 Å². The van der Waals surface area contributed by atoms with E-state index in [1.807, 2.05) is 18.4 Å². The minimum Gasteiger partial charge on any atom is -0.484 e. The van der Waals surface area contributed by atoms with E-state index >= 15 is 0 Å². The average molecular weight is 359 g/mol. The molecule has 4 rings (SSSR count). The van der Waals surface area contributed by atoms with E-state index in [-0.39, 0.29) is 23.8 Å². The maximum atomic E-state index is 14.1. The molecule has 130 valence electrons. The third-order valence-electron chi connectivity index (χ3n) is 5.27. The lowest BCUT2D eigenvalue weighted by atomic mass is 9.74. The first-order valence-corrected chi connectivity index (χ1v) is 9.04. The molecule has 0 amide bonds. The summed E-state index contributed by atoms with van der Waals surface area (Å²) in [4.78, 5) is 7.84. The van der Waals surface area contributed by atoms with Crippen LogP contribution in [0.25, 0.3) is 0 Å². The van der Waals surface area contributed by atoms with Gasteiger partial charge in [0, 0.05) is 24.5 Å². The van der Waals surface area contributed by atoms with Crippen molar-refractivity contribution in [1.29, 1.82) is 0 Å².